The highest BCUT2D eigenvalue weighted by Gasteiger charge is 2.43. The zero-order valence-corrected chi connectivity index (χ0v) is 11.0. The van der Waals surface area contributed by atoms with Crippen molar-refractivity contribution in [3.05, 3.63) is 35.6 Å². The Balaban J connectivity index is 3.23. The quantitative estimate of drug-likeness (QED) is 0.628. The molecule has 1 aromatic carbocycles. The molecule has 3 nitrogen and oxygen atoms in total. The minimum absolute atomic E-state index is 0.0560. The van der Waals surface area contributed by atoms with Gasteiger partial charge in [-0.1, -0.05) is 30.7 Å². The van der Waals surface area contributed by atoms with Crippen molar-refractivity contribution in [3.63, 3.8) is 0 Å². The molecule has 0 radical (unpaired) electrons. The average Bonchev–Trinajstić information content (AvgIpc) is 2.27. The third-order valence-corrected chi connectivity index (χ3v) is 5.45. The first-order valence-corrected chi connectivity index (χ1v) is 6.97. The van der Waals surface area contributed by atoms with Crippen molar-refractivity contribution < 1.29 is 17.6 Å². The van der Waals surface area contributed by atoms with Gasteiger partial charge in [0.1, 0.15) is 5.82 Å². The summed E-state index contributed by atoms with van der Waals surface area (Å²) < 4.78 is 34.2. The van der Waals surface area contributed by atoms with E-state index in [1.54, 1.807) is 0 Å². The highest BCUT2D eigenvalue weighted by Crippen LogP contribution is 2.28. The van der Waals surface area contributed by atoms with Crippen LogP contribution in [0.25, 0.3) is 0 Å². The van der Waals surface area contributed by atoms with Crippen molar-refractivity contribution in [2.45, 2.75) is 18.1 Å². The zero-order chi connectivity index (χ0) is 13.3. The van der Waals surface area contributed by atoms with Gasteiger partial charge in [0.05, 0.1) is 0 Å². The fourth-order valence-electron chi connectivity index (χ4n) is 1.30. The summed E-state index contributed by atoms with van der Waals surface area (Å²) >= 11 is 5.81. The Morgan fingerprint density at radius 3 is 2.53 bits per heavy atom. The Bertz CT molecular complexity index is 537. The van der Waals surface area contributed by atoms with Crippen LogP contribution in [-0.2, 0) is 9.84 Å². The van der Waals surface area contributed by atoms with Crippen molar-refractivity contribution in [3.8, 4) is 0 Å². The first kappa shape index (κ1) is 14.1. The number of hydrogen-bond acceptors (Lipinski definition) is 3. The number of alkyl halides is 1. The number of Topliss-reactive ketones (excluding diaryl/α,β-unsaturated/α-hetero) is 1. The van der Waals surface area contributed by atoms with Crippen LogP contribution < -0.4 is 0 Å². The molecule has 0 N–H and O–H groups in total. The van der Waals surface area contributed by atoms with Crippen LogP contribution in [0.4, 0.5) is 4.39 Å². The van der Waals surface area contributed by atoms with E-state index in [1.165, 1.54) is 19.1 Å². The summed E-state index contributed by atoms with van der Waals surface area (Å²) in [6.07, 6.45) is 0. The molecule has 0 spiro atoms. The lowest BCUT2D eigenvalue weighted by Gasteiger charge is -2.20. The highest BCUT2D eigenvalue weighted by molar-refractivity contribution is 7.95. The third kappa shape index (κ3) is 2.66. The van der Waals surface area contributed by atoms with Gasteiger partial charge in [-0.05, 0) is 19.1 Å². The SMILES string of the molecule is CCS(=O)(=O)[C@](C)(Cl)C(=O)c1cccc(F)c1. The monoisotopic (exact) mass is 278 g/mol. The summed E-state index contributed by atoms with van der Waals surface area (Å²) in [5.41, 5.74) is -0.0560. The summed E-state index contributed by atoms with van der Waals surface area (Å²) in [5.74, 6) is -1.69. The second kappa shape index (κ2) is 4.74. The van der Waals surface area contributed by atoms with E-state index in [2.05, 4.69) is 0 Å². The van der Waals surface area contributed by atoms with Crippen LogP contribution in [0.3, 0.4) is 0 Å². The van der Waals surface area contributed by atoms with Crippen molar-refractivity contribution in [2.75, 3.05) is 5.75 Å². The lowest BCUT2D eigenvalue weighted by molar-refractivity contribution is 0.0977. The van der Waals surface area contributed by atoms with Gasteiger partial charge < -0.3 is 0 Å². The van der Waals surface area contributed by atoms with E-state index in [1.807, 2.05) is 0 Å². The topological polar surface area (TPSA) is 51.2 Å². The Kier molecular flexibility index (Phi) is 3.94. The third-order valence-electron chi connectivity index (χ3n) is 2.46. The number of carbonyl (C=O) groups is 1. The zero-order valence-electron chi connectivity index (χ0n) is 9.41. The molecule has 0 aliphatic rings. The number of halogens is 2. The van der Waals surface area contributed by atoms with Crippen LogP contribution in [0.5, 0.6) is 0 Å². The van der Waals surface area contributed by atoms with Crippen molar-refractivity contribution >= 4 is 27.2 Å². The first-order valence-electron chi connectivity index (χ1n) is 4.94. The van der Waals surface area contributed by atoms with E-state index >= 15 is 0 Å². The van der Waals surface area contributed by atoms with Gasteiger partial charge in [-0.15, -0.1) is 0 Å². The molecule has 0 aromatic heterocycles. The van der Waals surface area contributed by atoms with Gasteiger partial charge in [-0.2, -0.15) is 0 Å². The molecule has 0 bridgehead atoms. The summed E-state index contributed by atoms with van der Waals surface area (Å²) in [5, 5.41) is 0. The normalized spacial score (nSPS) is 15.3. The number of hydrogen-bond donors (Lipinski definition) is 0. The molecule has 94 valence electrons. The first-order chi connectivity index (χ1) is 7.72. The smallest absolute Gasteiger partial charge is 0.205 e. The van der Waals surface area contributed by atoms with Crippen LogP contribution >= 0.6 is 11.6 Å². The fraction of sp³-hybridized carbons (Fsp3) is 0.364. The number of rotatable bonds is 4. The summed E-state index contributed by atoms with van der Waals surface area (Å²) in [7, 11) is -3.76. The molecule has 1 rings (SSSR count). The molecule has 17 heavy (non-hydrogen) atoms. The Labute approximate surface area is 105 Å². The van der Waals surface area contributed by atoms with Crippen LogP contribution in [0.2, 0.25) is 0 Å². The van der Waals surface area contributed by atoms with Gasteiger partial charge in [-0.3, -0.25) is 4.79 Å². The molecule has 0 aliphatic carbocycles. The van der Waals surface area contributed by atoms with E-state index in [9.17, 15) is 17.6 Å². The number of carbonyl (C=O) groups excluding carboxylic acids is 1. The molecule has 0 aliphatic heterocycles. The fourth-order valence-corrected chi connectivity index (χ4v) is 2.68. The highest BCUT2D eigenvalue weighted by atomic mass is 35.5. The van der Waals surface area contributed by atoms with Crippen LogP contribution in [-0.4, -0.2) is 24.2 Å². The second-order valence-corrected chi connectivity index (χ2v) is 7.26. The second-order valence-electron chi connectivity index (χ2n) is 3.66. The number of ketones is 1. The molecule has 0 heterocycles. The molecule has 0 amide bonds. The summed E-state index contributed by atoms with van der Waals surface area (Å²) in [6.45, 7) is 2.51. The maximum absolute atomic E-state index is 12.9. The molecule has 0 saturated heterocycles. The van der Waals surface area contributed by atoms with E-state index in [0.29, 0.717) is 0 Å². The Morgan fingerprint density at radius 2 is 2.06 bits per heavy atom. The van der Waals surface area contributed by atoms with Gasteiger partial charge in [0, 0.05) is 11.3 Å². The van der Waals surface area contributed by atoms with E-state index < -0.39 is 25.6 Å². The molecule has 1 atom stereocenters. The van der Waals surface area contributed by atoms with Crippen LogP contribution in [0, 0.1) is 5.82 Å². The lowest BCUT2D eigenvalue weighted by atomic mass is 10.1. The van der Waals surface area contributed by atoms with Crippen molar-refractivity contribution in [1.82, 2.24) is 0 Å². The molecular formula is C11H12ClFO3S. The standard InChI is InChI=1S/C11H12ClFO3S/c1-3-17(15,16)11(2,12)10(14)8-5-4-6-9(13)7-8/h4-7H,3H2,1-2H3/t11-/m0/s1. The predicted molar refractivity (Wildman–Crippen MR) is 64.4 cm³/mol. The Hall–Kier alpha value is -0.940. The van der Waals surface area contributed by atoms with Crippen LogP contribution in [0.15, 0.2) is 24.3 Å². The minimum atomic E-state index is -3.76. The van der Waals surface area contributed by atoms with Crippen molar-refractivity contribution in [1.29, 1.82) is 0 Å². The molecule has 1 aromatic rings. The average molecular weight is 279 g/mol. The maximum Gasteiger partial charge on any atom is 0.205 e. The van der Waals surface area contributed by atoms with Gasteiger partial charge in [0.25, 0.3) is 0 Å². The van der Waals surface area contributed by atoms with E-state index in [-0.39, 0.29) is 11.3 Å². The maximum atomic E-state index is 12.9. The Morgan fingerprint density at radius 1 is 1.47 bits per heavy atom. The molecule has 0 fully saturated rings. The number of benzene rings is 1. The minimum Gasteiger partial charge on any atom is -0.291 e. The molecular weight excluding hydrogens is 267 g/mol. The lowest BCUT2D eigenvalue weighted by Crippen LogP contribution is -2.39. The van der Waals surface area contributed by atoms with Crippen LogP contribution in [0.1, 0.15) is 24.2 Å². The largest absolute Gasteiger partial charge is 0.291 e. The number of sulfone groups is 1. The van der Waals surface area contributed by atoms with Gasteiger partial charge in [0.15, 0.2) is 15.6 Å². The molecule has 6 heteroatoms. The van der Waals surface area contributed by atoms with Gasteiger partial charge in [0.2, 0.25) is 4.21 Å². The van der Waals surface area contributed by atoms with Gasteiger partial charge in [-0.25, -0.2) is 12.8 Å². The predicted octanol–water partition coefficient (Wildman–Crippen LogP) is 2.40. The van der Waals surface area contributed by atoms with Crippen molar-refractivity contribution in [2.24, 2.45) is 0 Å². The summed E-state index contributed by atoms with van der Waals surface area (Å²) in [6, 6.07) is 4.79. The summed E-state index contributed by atoms with van der Waals surface area (Å²) in [4.78, 5) is 11.9. The van der Waals surface area contributed by atoms with Gasteiger partial charge >= 0.3 is 0 Å². The van der Waals surface area contributed by atoms with E-state index in [4.69, 9.17) is 11.6 Å². The molecule has 0 unspecified atom stereocenters. The molecule has 0 saturated carbocycles. The van der Waals surface area contributed by atoms with E-state index in [0.717, 1.165) is 19.1 Å².